The number of hydrogen-bond acceptors (Lipinski definition) is 3. The summed E-state index contributed by atoms with van der Waals surface area (Å²) < 4.78 is 11.0. The quantitative estimate of drug-likeness (QED) is 0.905. The second-order valence-corrected chi connectivity index (χ2v) is 6.09. The Balaban J connectivity index is 2.51. The van der Waals surface area contributed by atoms with Crippen molar-refractivity contribution >= 4 is 0 Å². The van der Waals surface area contributed by atoms with Crippen molar-refractivity contribution in [3.05, 3.63) is 28.8 Å². The average Bonchev–Trinajstić information content (AvgIpc) is 2.26. The van der Waals surface area contributed by atoms with Gasteiger partial charge in [0.05, 0.1) is 25.7 Å². The zero-order chi connectivity index (χ0) is 14.3. The van der Waals surface area contributed by atoms with Gasteiger partial charge in [0, 0.05) is 5.54 Å². The molecule has 1 saturated heterocycles. The molecule has 0 spiro atoms. The lowest BCUT2D eigenvalue weighted by Gasteiger charge is -2.53. The summed E-state index contributed by atoms with van der Waals surface area (Å²) in [6.07, 6.45) is 0. The molecule has 0 radical (unpaired) electrons. The molecule has 1 heterocycles. The van der Waals surface area contributed by atoms with E-state index in [2.05, 4.69) is 45.1 Å². The standard InChI is InChI=1S/C16H25NO2/c1-11-7-13(8-12(2)14(11)18-6)16(9-19-10-16)15(3,4)17-5/h7-8,17H,9-10H2,1-6H3. The van der Waals surface area contributed by atoms with Gasteiger partial charge in [-0.3, -0.25) is 0 Å². The number of likely N-dealkylation sites (N-methyl/N-ethyl adjacent to an activating group) is 1. The smallest absolute Gasteiger partial charge is 0.124 e. The van der Waals surface area contributed by atoms with E-state index < -0.39 is 0 Å². The topological polar surface area (TPSA) is 30.5 Å². The summed E-state index contributed by atoms with van der Waals surface area (Å²) in [5, 5.41) is 3.44. The molecular formula is C16H25NO2. The Hall–Kier alpha value is -1.06. The summed E-state index contributed by atoms with van der Waals surface area (Å²) in [7, 11) is 3.75. The first-order valence-corrected chi connectivity index (χ1v) is 6.80. The number of aryl methyl sites for hydroxylation is 2. The average molecular weight is 263 g/mol. The monoisotopic (exact) mass is 263 g/mol. The van der Waals surface area contributed by atoms with Gasteiger partial charge in [-0.25, -0.2) is 0 Å². The first-order chi connectivity index (χ1) is 8.88. The van der Waals surface area contributed by atoms with Crippen LogP contribution in [0, 0.1) is 13.8 Å². The number of benzene rings is 1. The van der Waals surface area contributed by atoms with Crippen LogP contribution in [0.15, 0.2) is 12.1 Å². The number of ether oxygens (including phenoxy) is 2. The van der Waals surface area contributed by atoms with E-state index in [1.807, 2.05) is 7.05 Å². The van der Waals surface area contributed by atoms with E-state index in [4.69, 9.17) is 9.47 Å². The minimum absolute atomic E-state index is 0.00127. The second kappa shape index (κ2) is 4.80. The molecule has 1 aliphatic rings. The normalized spacial score (nSPS) is 18.0. The van der Waals surface area contributed by atoms with Crippen molar-refractivity contribution in [2.45, 2.75) is 38.6 Å². The molecule has 0 bridgehead atoms. The summed E-state index contributed by atoms with van der Waals surface area (Å²) in [5.41, 5.74) is 3.77. The zero-order valence-corrected chi connectivity index (χ0v) is 12.9. The third-order valence-electron chi connectivity index (χ3n) is 4.74. The fraction of sp³-hybridized carbons (Fsp3) is 0.625. The SMILES string of the molecule is CNC(C)(C)C1(c2cc(C)c(OC)c(C)c2)COC1. The molecule has 0 saturated carbocycles. The molecule has 1 aromatic carbocycles. The van der Waals surface area contributed by atoms with Gasteiger partial charge in [0.2, 0.25) is 0 Å². The van der Waals surface area contributed by atoms with Crippen LogP contribution >= 0.6 is 0 Å². The van der Waals surface area contributed by atoms with E-state index in [1.165, 1.54) is 16.7 Å². The molecule has 0 atom stereocenters. The van der Waals surface area contributed by atoms with Crippen molar-refractivity contribution in [1.82, 2.24) is 5.32 Å². The largest absolute Gasteiger partial charge is 0.496 e. The molecule has 0 aromatic heterocycles. The van der Waals surface area contributed by atoms with Gasteiger partial charge in [-0.05, 0) is 51.4 Å². The summed E-state index contributed by atoms with van der Waals surface area (Å²) in [6, 6.07) is 4.49. The summed E-state index contributed by atoms with van der Waals surface area (Å²) >= 11 is 0. The molecule has 3 heteroatoms. The maximum absolute atomic E-state index is 5.55. The lowest BCUT2D eigenvalue weighted by Crippen LogP contribution is -2.65. The van der Waals surface area contributed by atoms with E-state index in [1.54, 1.807) is 7.11 Å². The molecule has 2 rings (SSSR count). The minimum atomic E-state index is -0.00127. The van der Waals surface area contributed by atoms with Gasteiger partial charge in [0.25, 0.3) is 0 Å². The molecular weight excluding hydrogens is 238 g/mol. The Kier molecular flexibility index (Phi) is 3.63. The fourth-order valence-electron chi connectivity index (χ4n) is 2.98. The third-order valence-corrected chi connectivity index (χ3v) is 4.74. The van der Waals surface area contributed by atoms with Gasteiger partial charge in [-0.2, -0.15) is 0 Å². The Bertz CT molecular complexity index is 453. The van der Waals surface area contributed by atoms with Gasteiger partial charge in [-0.15, -0.1) is 0 Å². The van der Waals surface area contributed by atoms with Gasteiger partial charge >= 0.3 is 0 Å². The molecule has 19 heavy (non-hydrogen) atoms. The fourth-order valence-corrected chi connectivity index (χ4v) is 2.98. The molecule has 106 valence electrons. The number of hydrogen-bond donors (Lipinski definition) is 1. The van der Waals surface area contributed by atoms with Crippen LogP contribution in [0.3, 0.4) is 0 Å². The molecule has 0 unspecified atom stereocenters. The molecule has 0 amide bonds. The lowest BCUT2D eigenvalue weighted by molar-refractivity contribution is -0.0991. The molecule has 1 aromatic rings. The third kappa shape index (κ3) is 2.05. The molecule has 0 aliphatic carbocycles. The van der Waals surface area contributed by atoms with Crippen molar-refractivity contribution < 1.29 is 9.47 Å². The van der Waals surface area contributed by atoms with E-state index in [-0.39, 0.29) is 11.0 Å². The van der Waals surface area contributed by atoms with Gasteiger partial charge in [0.15, 0.2) is 0 Å². The van der Waals surface area contributed by atoms with Crippen LogP contribution in [-0.4, -0.2) is 32.9 Å². The first kappa shape index (κ1) is 14.4. The van der Waals surface area contributed by atoms with Crippen molar-refractivity contribution in [2.75, 3.05) is 27.4 Å². The second-order valence-electron chi connectivity index (χ2n) is 6.09. The Labute approximate surface area is 116 Å². The number of methoxy groups -OCH3 is 1. The molecule has 3 nitrogen and oxygen atoms in total. The van der Waals surface area contributed by atoms with Crippen LogP contribution in [0.4, 0.5) is 0 Å². The van der Waals surface area contributed by atoms with Crippen molar-refractivity contribution in [3.63, 3.8) is 0 Å². The van der Waals surface area contributed by atoms with E-state index in [9.17, 15) is 0 Å². The highest BCUT2D eigenvalue weighted by Gasteiger charge is 2.51. The summed E-state index contributed by atoms with van der Waals surface area (Å²) in [5.74, 6) is 0.987. The summed E-state index contributed by atoms with van der Waals surface area (Å²) in [4.78, 5) is 0. The van der Waals surface area contributed by atoms with Gasteiger partial charge < -0.3 is 14.8 Å². The van der Waals surface area contributed by atoms with Crippen LogP contribution < -0.4 is 10.1 Å². The first-order valence-electron chi connectivity index (χ1n) is 6.80. The Morgan fingerprint density at radius 1 is 1.21 bits per heavy atom. The highest BCUT2D eigenvalue weighted by atomic mass is 16.5. The number of nitrogens with one attached hydrogen (secondary N) is 1. The highest BCUT2D eigenvalue weighted by Crippen LogP contribution is 2.43. The van der Waals surface area contributed by atoms with Crippen LogP contribution in [0.25, 0.3) is 0 Å². The zero-order valence-electron chi connectivity index (χ0n) is 12.9. The Morgan fingerprint density at radius 2 is 1.74 bits per heavy atom. The van der Waals surface area contributed by atoms with E-state index in [0.29, 0.717) is 0 Å². The molecule has 1 N–H and O–H groups in total. The van der Waals surface area contributed by atoms with Crippen molar-refractivity contribution in [2.24, 2.45) is 0 Å². The van der Waals surface area contributed by atoms with Crippen LogP contribution in [0.5, 0.6) is 5.75 Å². The molecule has 1 fully saturated rings. The Morgan fingerprint density at radius 3 is 2.05 bits per heavy atom. The van der Waals surface area contributed by atoms with Crippen LogP contribution in [0.1, 0.15) is 30.5 Å². The van der Waals surface area contributed by atoms with E-state index >= 15 is 0 Å². The maximum atomic E-state index is 5.55. The highest BCUT2D eigenvalue weighted by molar-refractivity contribution is 5.47. The minimum Gasteiger partial charge on any atom is -0.496 e. The van der Waals surface area contributed by atoms with Crippen molar-refractivity contribution in [3.8, 4) is 5.75 Å². The van der Waals surface area contributed by atoms with E-state index in [0.717, 1.165) is 19.0 Å². The predicted molar refractivity (Wildman–Crippen MR) is 78.1 cm³/mol. The summed E-state index contributed by atoms with van der Waals surface area (Å²) in [6.45, 7) is 10.2. The number of rotatable bonds is 4. The molecule has 1 aliphatic heterocycles. The van der Waals surface area contributed by atoms with Crippen LogP contribution in [-0.2, 0) is 10.2 Å². The predicted octanol–water partition coefficient (Wildman–Crippen LogP) is 2.58. The van der Waals surface area contributed by atoms with Gasteiger partial charge in [-0.1, -0.05) is 12.1 Å². The van der Waals surface area contributed by atoms with Crippen LogP contribution in [0.2, 0.25) is 0 Å². The lowest BCUT2D eigenvalue weighted by atomic mass is 9.65. The van der Waals surface area contributed by atoms with Gasteiger partial charge in [0.1, 0.15) is 5.75 Å². The maximum Gasteiger partial charge on any atom is 0.124 e. The van der Waals surface area contributed by atoms with Crippen molar-refractivity contribution in [1.29, 1.82) is 0 Å².